The summed E-state index contributed by atoms with van der Waals surface area (Å²) in [5, 5.41) is 0. The fraction of sp³-hybridized carbons (Fsp3) is 0.500. The molecule has 1 fully saturated rings. The summed E-state index contributed by atoms with van der Waals surface area (Å²) in [7, 11) is 1.65. The number of halogens is 1. The highest BCUT2D eigenvalue weighted by Gasteiger charge is 2.23. The number of hydrogen-bond donors (Lipinski definition) is 1. The topological polar surface area (TPSA) is 55.6 Å². The summed E-state index contributed by atoms with van der Waals surface area (Å²) in [6.45, 7) is 1.48. The van der Waals surface area contributed by atoms with Crippen molar-refractivity contribution in [2.24, 2.45) is 5.73 Å². The van der Waals surface area contributed by atoms with Gasteiger partial charge in [-0.1, -0.05) is 15.9 Å². The van der Waals surface area contributed by atoms with Crippen molar-refractivity contribution in [1.82, 2.24) is 4.90 Å². The van der Waals surface area contributed by atoms with Crippen molar-refractivity contribution in [2.75, 3.05) is 20.2 Å². The van der Waals surface area contributed by atoms with Crippen LogP contribution in [-0.4, -0.2) is 37.0 Å². The third kappa shape index (κ3) is 3.70. The highest BCUT2D eigenvalue weighted by molar-refractivity contribution is 9.10. The minimum Gasteiger partial charge on any atom is -0.496 e. The van der Waals surface area contributed by atoms with Crippen LogP contribution in [0.15, 0.2) is 22.7 Å². The van der Waals surface area contributed by atoms with E-state index in [-0.39, 0.29) is 11.9 Å². The lowest BCUT2D eigenvalue weighted by Crippen LogP contribution is -2.32. The summed E-state index contributed by atoms with van der Waals surface area (Å²) in [4.78, 5) is 13.9. The van der Waals surface area contributed by atoms with Crippen LogP contribution < -0.4 is 10.5 Å². The van der Waals surface area contributed by atoms with Crippen molar-refractivity contribution in [3.8, 4) is 5.75 Å². The number of rotatable bonds is 4. The maximum Gasteiger partial charge on any atom is 0.222 e. The van der Waals surface area contributed by atoms with Crippen LogP contribution in [0.3, 0.4) is 0 Å². The molecule has 0 saturated carbocycles. The van der Waals surface area contributed by atoms with Crippen molar-refractivity contribution in [3.05, 3.63) is 28.2 Å². The zero-order valence-electron chi connectivity index (χ0n) is 11.1. The minimum atomic E-state index is 0.143. The fourth-order valence-electron chi connectivity index (χ4n) is 2.36. The summed E-state index contributed by atoms with van der Waals surface area (Å²) >= 11 is 3.44. The van der Waals surface area contributed by atoms with Crippen molar-refractivity contribution < 1.29 is 9.53 Å². The van der Waals surface area contributed by atoms with Gasteiger partial charge in [-0.15, -0.1) is 0 Å². The first-order chi connectivity index (χ1) is 9.10. The van der Waals surface area contributed by atoms with E-state index >= 15 is 0 Å². The Hall–Kier alpha value is -1.07. The van der Waals surface area contributed by atoms with E-state index in [1.165, 1.54) is 0 Å². The predicted molar refractivity (Wildman–Crippen MR) is 78.2 cm³/mol. The van der Waals surface area contributed by atoms with Crippen LogP contribution in [0.4, 0.5) is 0 Å². The number of ether oxygens (including phenoxy) is 1. The monoisotopic (exact) mass is 326 g/mol. The number of benzene rings is 1. The molecule has 1 atom stereocenters. The molecule has 1 aliphatic heterocycles. The standard InChI is InChI=1S/C14H19BrN2O2/c1-19-13-4-3-11(15)8-10(13)2-5-14(18)17-7-6-12(16)9-17/h3-4,8,12H,2,5-7,9,16H2,1H3. The first kappa shape index (κ1) is 14.3. The average molecular weight is 327 g/mol. The van der Waals surface area contributed by atoms with Gasteiger partial charge in [0, 0.05) is 30.0 Å². The molecule has 0 aromatic heterocycles. The summed E-state index contributed by atoms with van der Waals surface area (Å²) in [6, 6.07) is 5.99. The fourth-order valence-corrected chi connectivity index (χ4v) is 2.76. The SMILES string of the molecule is COc1ccc(Br)cc1CCC(=O)N1CCC(N)C1. The molecule has 19 heavy (non-hydrogen) atoms. The lowest BCUT2D eigenvalue weighted by molar-refractivity contribution is -0.130. The van der Waals surface area contributed by atoms with Crippen molar-refractivity contribution in [2.45, 2.75) is 25.3 Å². The number of methoxy groups -OCH3 is 1. The molecule has 1 unspecified atom stereocenters. The van der Waals surface area contributed by atoms with E-state index < -0.39 is 0 Å². The third-order valence-corrected chi connectivity index (χ3v) is 3.92. The van der Waals surface area contributed by atoms with Crippen LogP contribution in [-0.2, 0) is 11.2 Å². The van der Waals surface area contributed by atoms with Gasteiger partial charge in [-0.2, -0.15) is 0 Å². The Morgan fingerprint density at radius 1 is 1.58 bits per heavy atom. The number of likely N-dealkylation sites (tertiary alicyclic amines) is 1. The maximum atomic E-state index is 12.1. The first-order valence-electron chi connectivity index (χ1n) is 6.46. The molecule has 4 nitrogen and oxygen atoms in total. The van der Waals surface area contributed by atoms with Crippen molar-refractivity contribution >= 4 is 21.8 Å². The molecule has 1 saturated heterocycles. The Bertz CT molecular complexity index is 465. The quantitative estimate of drug-likeness (QED) is 0.920. The Kier molecular flexibility index (Phi) is 4.82. The predicted octanol–water partition coefficient (Wildman–Crippen LogP) is 1.95. The molecule has 1 heterocycles. The summed E-state index contributed by atoms with van der Waals surface area (Å²) in [5.41, 5.74) is 6.87. The molecule has 5 heteroatoms. The molecular formula is C14H19BrN2O2. The van der Waals surface area contributed by atoms with Crippen LogP contribution in [0.25, 0.3) is 0 Å². The molecule has 0 bridgehead atoms. The number of amides is 1. The van der Waals surface area contributed by atoms with E-state index in [0.29, 0.717) is 19.4 Å². The van der Waals surface area contributed by atoms with E-state index in [1.807, 2.05) is 23.1 Å². The van der Waals surface area contributed by atoms with Gasteiger partial charge in [0.05, 0.1) is 7.11 Å². The number of nitrogens with two attached hydrogens (primary N) is 1. The van der Waals surface area contributed by atoms with Crippen LogP contribution in [0.2, 0.25) is 0 Å². The maximum absolute atomic E-state index is 12.1. The molecule has 1 aromatic rings. The second-order valence-corrected chi connectivity index (χ2v) is 5.76. The largest absolute Gasteiger partial charge is 0.496 e. The average Bonchev–Trinajstić information content (AvgIpc) is 2.83. The number of nitrogens with zero attached hydrogens (tertiary/aromatic N) is 1. The Labute approximate surface area is 122 Å². The first-order valence-corrected chi connectivity index (χ1v) is 7.25. The van der Waals surface area contributed by atoms with Crippen LogP contribution in [0.1, 0.15) is 18.4 Å². The van der Waals surface area contributed by atoms with Crippen LogP contribution >= 0.6 is 15.9 Å². The highest BCUT2D eigenvalue weighted by Crippen LogP contribution is 2.24. The van der Waals surface area contributed by atoms with Gasteiger partial charge >= 0.3 is 0 Å². The van der Waals surface area contributed by atoms with Crippen molar-refractivity contribution in [1.29, 1.82) is 0 Å². The van der Waals surface area contributed by atoms with Crippen molar-refractivity contribution in [3.63, 3.8) is 0 Å². The highest BCUT2D eigenvalue weighted by atomic mass is 79.9. The Morgan fingerprint density at radius 3 is 3.00 bits per heavy atom. The summed E-state index contributed by atoms with van der Waals surface area (Å²) < 4.78 is 6.31. The smallest absolute Gasteiger partial charge is 0.222 e. The second-order valence-electron chi connectivity index (χ2n) is 4.84. The number of carbonyl (C=O) groups is 1. The van der Waals surface area contributed by atoms with Gasteiger partial charge in [0.15, 0.2) is 0 Å². The summed E-state index contributed by atoms with van der Waals surface area (Å²) in [6.07, 6.45) is 2.10. The molecule has 0 spiro atoms. The van der Waals surface area contributed by atoms with Crippen LogP contribution in [0.5, 0.6) is 5.75 Å². The van der Waals surface area contributed by atoms with E-state index in [9.17, 15) is 4.79 Å². The molecule has 1 aromatic carbocycles. The third-order valence-electron chi connectivity index (χ3n) is 3.43. The molecule has 0 aliphatic carbocycles. The molecule has 2 rings (SSSR count). The molecule has 0 radical (unpaired) electrons. The normalized spacial score (nSPS) is 18.7. The minimum absolute atomic E-state index is 0.143. The second kappa shape index (κ2) is 6.39. The lowest BCUT2D eigenvalue weighted by atomic mass is 10.1. The van der Waals surface area contributed by atoms with Crippen LogP contribution in [0, 0.1) is 0 Å². The van der Waals surface area contributed by atoms with Gasteiger partial charge in [-0.05, 0) is 36.6 Å². The lowest BCUT2D eigenvalue weighted by Gasteiger charge is -2.16. The van der Waals surface area contributed by atoms with Gasteiger partial charge in [-0.3, -0.25) is 4.79 Å². The molecule has 1 amide bonds. The molecule has 2 N–H and O–H groups in total. The van der Waals surface area contributed by atoms with E-state index in [1.54, 1.807) is 7.11 Å². The Morgan fingerprint density at radius 2 is 2.37 bits per heavy atom. The number of carbonyl (C=O) groups excluding carboxylic acids is 1. The van der Waals surface area contributed by atoms with E-state index in [0.717, 1.165) is 28.8 Å². The van der Waals surface area contributed by atoms with Gasteiger partial charge in [-0.25, -0.2) is 0 Å². The zero-order valence-corrected chi connectivity index (χ0v) is 12.6. The van der Waals surface area contributed by atoms with Gasteiger partial charge in [0.2, 0.25) is 5.91 Å². The number of hydrogen-bond acceptors (Lipinski definition) is 3. The Balaban J connectivity index is 1.95. The van der Waals surface area contributed by atoms with Gasteiger partial charge in [0.25, 0.3) is 0 Å². The van der Waals surface area contributed by atoms with E-state index in [4.69, 9.17) is 10.5 Å². The summed E-state index contributed by atoms with van der Waals surface area (Å²) in [5.74, 6) is 1.00. The van der Waals surface area contributed by atoms with E-state index in [2.05, 4.69) is 15.9 Å². The molecule has 1 aliphatic rings. The molecular weight excluding hydrogens is 308 g/mol. The van der Waals surface area contributed by atoms with Gasteiger partial charge < -0.3 is 15.4 Å². The molecule has 104 valence electrons. The van der Waals surface area contributed by atoms with Gasteiger partial charge in [0.1, 0.15) is 5.75 Å². The number of aryl methyl sites for hydroxylation is 1. The zero-order chi connectivity index (χ0) is 13.8.